The molecule has 0 aliphatic carbocycles. The van der Waals surface area contributed by atoms with Crippen molar-refractivity contribution >= 4 is 16.9 Å². The number of halogens is 1. The van der Waals surface area contributed by atoms with Crippen molar-refractivity contribution in [3.63, 3.8) is 0 Å². The maximum absolute atomic E-state index is 13.1. The van der Waals surface area contributed by atoms with Crippen LogP contribution in [0.25, 0.3) is 16.9 Å². The second-order valence-corrected chi connectivity index (χ2v) is 6.46. The number of aryl methyl sites for hydroxylation is 2. The summed E-state index contributed by atoms with van der Waals surface area (Å²) in [7, 11) is 1.56. The molecule has 3 heterocycles. The smallest absolute Gasteiger partial charge is 0.332 e. The molecule has 3 aromatic heterocycles. The molecule has 1 aromatic carbocycles. The van der Waals surface area contributed by atoms with E-state index in [0.717, 1.165) is 10.3 Å². The molecule has 0 radical (unpaired) electrons. The molecule has 0 amide bonds. The van der Waals surface area contributed by atoms with Crippen LogP contribution in [0.5, 0.6) is 0 Å². The minimum Gasteiger partial charge on any atom is -0.395 e. The molecule has 0 bridgehead atoms. The first kappa shape index (κ1) is 17.2. The highest BCUT2D eigenvalue weighted by Gasteiger charge is 2.20. The Morgan fingerprint density at radius 3 is 2.52 bits per heavy atom. The fourth-order valence-corrected chi connectivity index (χ4v) is 3.34. The van der Waals surface area contributed by atoms with E-state index in [1.54, 1.807) is 34.3 Å². The lowest BCUT2D eigenvalue weighted by atomic mass is 10.2. The number of hydrogen-bond acceptors (Lipinski definition) is 4. The Balaban J connectivity index is 1.99. The Morgan fingerprint density at radius 1 is 1.15 bits per heavy atom. The molecule has 0 saturated carbocycles. The second-order valence-electron chi connectivity index (χ2n) is 6.46. The first-order chi connectivity index (χ1) is 12.9. The highest BCUT2D eigenvalue weighted by Crippen LogP contribution is 2.16. The quantitative estimate of drug-likeness (QED) is 0.570. The number of aromatic nitrogens is 5. The Bertz CT molecular complexity index is 1280. The van der Waals surface area contributed by atoms with E-state index in [4.69, 9.17) is 0 Å². The number of rotatable bonds is 4. The molecule has 0 aliphatic heterocycles. The Labute approximate surface area is 152 Å². The van der Waals surface area contributed by atoms with E-state index in [0.29, 0.717) is 17.9 Å². The highest BCUT2D eigenvalue weighted by molar-refractivity contribution is 5.75. The molecule has 4 aromatic rings. The summed E-state index contributed by atoms with van der Waals surface area (Å²) in [5, 5.41) is 9.27. The molecule has 1 N–H and O–H groups in total. The van der Waals surface area contributed by atoms with Gasteiger partial charge in [0, 0.05) is 25.5 Å². The van der Waals surface area contributed by atoms with Crippen molar-refractivity contribution in [2.45, 2.75) is 20.0 Å². The largest absolute Gasteiger partial charge is 0.395 e. The monoisotopic (exact) mass is 371 g/mol. The summed E-state index contributed by atoms with van der Waals surface area (Å²) in [5.41, 5.74) is 1.08. The van der Waals surface area contributed by atoms with Crippen LogP contribution in [0, 0.1) is 12.7 Å². The van der Waals surface area contributed by atoms with Gasteiger partial charge in [-0.3, -0.25) is 18.3 Å². The van der Waals surface area contributed by atoms with E-state index >= 15 is 0 Å². The predicted octanol–water partition coefficient (Wildman–Crippen LogP) is 0.638. The zero-order valence-electron chi connectivity index (χ0n) is 14.9. The number of imidazole rings is 2. The van der Waals surface area contributed by atoms with Crippen molar-refractivity contribution in [3.8, 4) is 0 Å². The predicted molar refractivity (Wildman–Crippen MR) is 97.5 cm³/mol. The average molecular weight is 371 g/mol. The average Bonchev–Trinajstić information content (AvgIpc) is 3.15. The molecule has 9 heteroatoms. The van der Waals surface area contributed by atoms with Crippen LogP contribution in [0.4, 0.5) is 4.39 Å². The van der Waals surface area contributed by atoms with Gasteiger partial charge in [-0.2, -0.15) is 4.98 Å². The normalized spacial score (nSPS) is 11.7. The number of benzene rings is 1. The first-order valence-electron chi connectivity index (χ1n) is 8.45. The molecule has 27 heavy (non-hydrogen) atoms. The third-order valence-corrected chi connectivity index (χ3v) is 4.72. The minimum atomic E-state index is -0.497. The van der Waals surface area contributed by atoms with Gasteiger partial charge in [0.1, 0.15) is 5.82 Å². The summed E-state index contributed by atoms with van der Waals surface area (Å²) in [6, 6.07) is 5.66. The lowest BCUT2D eigenvalue weighted by Crippen LogP contribution is -2.39. The van der Waals surface area contributed by atoms with Crippen molar-refractivity contribution in [3.05, 3.63) is 68.4 Å². The molecule has 0 unspecified atom stereocenters. The van der Waals surface area contributed by atoms with Crippen molar-refractivity contribution in [2.75, 3.05) is 6.61 Å². The molecule has 0 atom stereocenters. The van der Waals surface area contributed by atoms with Gasteiger partial charge in [0.05, 0.1) is 13.2 Å². The summed E-state index contributed by atoms with van der Waals surface area (Å²) in [5.74, 6) is 0.107. The van der Waals surface area contributed by atoms with E-state index in [9.17, 15) is 19.1 Å². The summed E-state index contributed by atoms with van der Waals surface area (Å²) in [4.78, 5) is 30.2. The van der Waals surface area contributed by atoms with Gasteiger partial charge in [0.2, 0.25) is 5.78 Å². The highest BCUT2D eigenvalue weighted by atomic mass is 19.1. The summed E-state index contributed by atoms with van der Waals surface area (Å²) >= 11 is 0. The van der Waals surface area contributed by atoms with Gasteiger partial charge in [-0.15, -0.1) is 0 Å². The standard InChI is InChI=1S/C18H18FN5O3/c1-11-9-23-14-15(20-17(23)22(11)7-8-25)21(2)18(27)24(16(14)26)10-12-3-5-13(19)6-4-12/h3-6,9,25H,7-8,10H2,1-2H3. The third kappa shape index (κ3) is 2.58. The van der Waals surface area contributed by atoms with Crippen LogP contribution >= 0.6 is 0 Å². The maximum Gasteiger partial charge on any atom is 0.332 e. The van der Waals surface area contributed by atoms with Crippen LogP contribution < -0.4 is 11.2 Å². The van der Waals surface area contributed by atoms with E-state index < -0.39 is 11.2 Å². The van der Waals surface area contributed by atoms with Gasteiger partial charge in [-0.1, -0.05) is 12.1 Å². The van der Waals surface area contributed by atoms with Crippen LogP contribution in [0.3, 0.4) is 0 Å². The van der Waals surface area contributed by atoms with Crippen molar-refractivity contribution in [1.82, 2.24) is 23.1 Å². The zero-order chi connectivity index (χ0) is 19.3. The fraction of sp³-hybridized carbons (Fsp3) is 0.278. The van der Waals surface area contributed by atoms with Crippen molar-refractivity contribution < 1.29 is 9.50 Å². The first-order valence-corrected chi connectivity index (χ1v) is 8.45. The second kappa shape index (κ2) is 6.20. The molecule has 0 fully saturated rings. The third-order valence-electron chi connectivity index (χ3n) is 4.72. The number of aliphatic hydroxyl groups is 1. The summed E-state index contributed by atoms with van der Waals surface area (Å²) in [6.45, 7) is 2.16. The number of nitrogens with zero attached hydrogens (tertiary/aromatic N) is 5. The van der Waals surface area contributed by atoms with Crippen LogP contribution in [0.1, 0.15) is 11.3 Å². The van der Waals surface area contributed by atoms with Crippen LogP contribution in [-0.2, 0) is 20.1 Å². The molecule has 4 rings (SSSR count). The lowest BCUT2D eigenvalue weighted by molar-refractivity contribution is 0.276. The van der Waals surface area contributed by atoms with Crippen LogP contribution in [-0.4, -0.2) is 34.8 Å². The summed E-state index contributed by atoms with van der Waals surface area (Å²) in [6.07, 6.45) is 1.76. The minimum absolute atomic E-state index is 0.0330. The number of aliphatic hydroxyl groups excluding tert-OH is 1. The van der Waals surface area contributed by atoms with Gasteiger partial charge < -0.3 is 9.67 Å². The van der Waals surface area contributed by atoms with Crippen molar-refractivity contribution in [1.29, 1.82) is 0 Å². The molecular weight excluding hydrogens is 353 g/mol. The van der Waals surface area contributed by atoms with E-state index in [2.05, 4.69) is 4.98 Å². The van der Waals surface area contributed by atoms with Gasteiger partial charge in [-0.05, 0) is 24.6 Å². The van der Waals surface area contributed by atoms with Gasteiger partial charge >= 0.3 is 5.69 Å². The lowest BCUT2D eigenvalue weighted by Gasteiger charge is -2.08. The van der Waals surface area contributed by atoms with Gasteiger partial charge in [-0.25, -0.2) is 9.18 Å². The molecule has 0 spiro atoms. The maximum atomic E-state index is 13.1. The fourth-order valence-electron chi connectivity index (χ4n) is 3.34. The van der Waals surface area contributed by atoms with Gasteiger partial charge in [0.15, 0.2) is 11.2 Å². The topological polar surface area (TPSA) is 86.5 Å². The van der Waals surface area contributed by atoms with E-state index in [1.165, 1.54) is 16.7 Å². The molecule has 8 nitrogen and oxygen atoms in total. The Hall–Kier alpha value is -3.20. The number of fused-ring (bicyclic) bond motifs is 3. The Kier molecular flexibility index (Phi) is 3.96. The van der Waals surface area contributed by atoms with E-state index in [1.807, 2.05) is 6.92 Å². The summed E-state index contributed by atoms with van der Waals surface area (Å²) < 4.78 is 19.0. The SMILES string of the molecule is Cc1cn2c3c(=O)n(Cc4ccc(F)cc4)c(=O)n(C)c3nc2n1CCO. The molecule has 0 aliphatic rings. The molecule has 0 saturated heterocycles. The Morgan fingerprint density at radius 2 is 1.85 bits per heavy atom. The zero-order valence-corrected chi connectivity index (χ0v) is 14.9. The van der Waals surface area contributed by atoms with Crippen LogP contribution in [0.15, 0.2) is 40.1 Å². The van der Waals surface area contributed by atoms with E-state index in [-0.39, 0.29) is 30.1 Å². The van der Waals surface area contributed by atoms with Crippen LogP contribution in [0.2, 0.25) is 0 Å². The van der Waals surface area contributed by atoms with Crippen molar-refractivity contribution in [2.24, 2.45) is 7.05 Å². The number of hydrogen-bond donors (Lipinski definition) is 1. The van der Waals surface area contributed by atoms with Gasteiger partial charge in [0.25, 0.3) is 5.56 Å². The molecule has 140 valence electrons. The molecular formula is C18H18FN5O3.